The third-order valence-corrected chi connectivity index (χ3v) is 3.89. The summed E-state index contributed by atoms with van der Waals surface area (Å²) in [6, 6.07) is 3.93. The molecule has 0 aliphatic rings. The molecule has 1 rings (SSSR count). The van der Waals surface area contributed by atoms with Crippen LogP contribution in [-0.4, -0.2) is 12.6 Å². The zero-order valence-corrected chi connectivity index (χ0v) is 14.1. The second-order valence-electron chi connectivity index (χ2n) is 5.31. The Balaban J connectivity index is 3.04. The third-order valence-electron chi connectivity index (χ3n) is 3.39. The van der Waals surface area contributed by atoms with Crippen molar-refractivity contribution in [3.8, 4) is 5.75 Å². The topological polar surface area (TPSA) is 35.2 Å². The molecule has 4 heteroatoms. The lowest BCUT2D eigenvalue weighted by Gasteiger charge is -2.21. The Labute approximate surface area is 132 Å². The van der Waals surface area contributed by atoms with Crippen LogP contribution in [0.1, 0.15) is 57.9 Å². The van der Waals surface area contributed by atoms with Crippen LogP contribution in [0.25, 0.3) is 0 Å². The van der Waals surface area contributed by atoms with Gasteiger partial charge in [-0.05, 0) is 50.7 Å². The van der Waals surface area contributed by atoms with Gasteiger partial charge in [0.15, 0.2) is 0 Å². The summed E-state index contributed by atoms with van der Waals surface area (Å²) in [6.45, 7) is 6.95. The molecule has 2 N–H and O–H groups in total. The summed E-state index contributed by atoms with van der Waals surface area (Å²) >= 11 is 12.5. The average molecular weight is 318 g/mol. The number of rotatable bonds is 8. The highest BCUT2D eigenvalue weighted by Crippen LogP contribution is 2.39. The van der Waals surface area contributed by atoms with Gasteiger partial charge in [-0.1, -0.05) is 37.0 Å². The highest BCUT2D eigenvalue weighted by atomic mass is 35.5. The van der Waals surface area contributed by atoms with Crippen LogP contribution in [0.4, 0.5) is 0 Å². The Morgan fingerprint density at radius 1 is 1.20 bits per heavy atom. The molecule has 2 nitrogen and oxygen atoms in total. The number of halogens is 2. The van der Waals surface area contributed by atoms with E-state index in [1.165, 1.54) is 0 Å². The van der Waals surface area contributed by atoms with Gasteiger partial charge in [0.25, 0.3) is 0 Å². The number of hydrogen-bond donors (Lipinski definition) is 1. The first-order valence-electron chi connectivity index (χ1n) is 7.36. The molecule has 0 fully saturated rings. The van der Waals surface area contributed by atoms with E-state index in [-0.39, 0.29) is 6.04 Å². The summed E-state index contributed by atoms with van der Waals surface area (Å²) in [6.07, 6.45) is 3.98. The fraction of sp³-hybridized carbons (Fsp3) is 0.625. The SMILES string of the molecule is CCCOc1c(Cl)cc(Cl)cc1C(CC)CCC(C)N. The van der Waals surface area contributed by atoms with Gasteiger partial charge in [-0.2, -0.15) is 0 Å². The lowest BCUT2D eigenvalue weighted by atomic mass is 9.90. The van der Waals surface area contributed by atoms with Crippen LogP contribution >= 0.6 is 23.2 Å². The predicted molar refractivity (Wildman–Crippen MR) is 88.2 cm³/mol. The van der Waals surface area contributed by atoms with Gasteiger partial charge in [0, 0.05) is 16.6 Å². The molecule has 0 saturated carbocycles. The molecule has 0 saturated heterocycles. The van der Waals surface area contributed by atoms with E-state index >= 15 is 0 Å². The highest BCUT2D eigenvalue weighted by molar-refractivity contribution is 6.35. The molecule has 0 heterocycles. The fourth-order valence-electron chi connectivity index (χ4n) is 2.28. The molecule has 0 aliphatic carbocycles. The van der Waals surface area contributed by atoms with Gasteiger partial charge in [0.05, 0.1) is 11.6 Å². The highest BCUT2D eigenvalue weighted by Gasteiger charge is 2.19. The van der Waals surface area contributed by atoms with E-state index in [1.54, 1.807) is 6.07 Å². The van der Waals surface area contributed by atoms with Crippen molar-refractivity contribution in [2.75, 3.05) is 6.61 Å². The average Bonchev–Trinajstić information content (AvgIpc) is 2.38. The van der Waals surface area contributed by atoms with Crippen LogP contribution in [0.15, 0.2) is 12.1 Å². The minimum atomic E-state index is 0.207. The smallest absolute Gasteiger partial charge is 0.141 e. The normalized spacial score (nSPS) is 14.1. The Bertz CT molecular complexity index is 421. The van der Waals surface area contributed by atoms with Crippen molar-refractivity contribution in [1.82, 2.24) is 0 Å². The van der Waals surface area contributed by atoms with Crippen LogP contribution < -0.4 is 10.5 Å². The second-order valence-corrected chi connectivity index (χ2v) is 6.16. The Morgan fingerprint density at radius 3 is 2.45 bits per heavy atom. The van der Waals surface area contributed by atoms with Crippen molar-refractivity contribution < 1.29 is 4.74 Å². The van der Waals surface area contributed by atoms with Gasteiger partial charge in [-0.15, -0.1) is 0 Å². The van der Waals surface area contributed by atoms with E-state index in [1.807, 2.05) is 13.0 Å². The van der Waals surface area contributed by atoms with E-state index in [0.717, 1.165) is 37.0 Å². The minimum absolute atomic E-state index is 0.207. The summed E-state index contributed by atoms with van der Waals surface area (Å²) in [5, 5.41) is 1.26. The maximum Gasteiger partial charge on any atom is 0.141 e. The molecule has 1 aromatic carbocycles. The minimum Gasteiger partial charge on any atom is -0.492 e. The van der Waals surface area contributed by atoms with Crippen molar-refractivity contribution in [1.29, 1.82) is 0 Å². The Kier molecular flexibility index (Phi) is 7.71. The largest absolute Gasteiger partial charge is 0.492 e. The third kappa shape index (κ3) is 5.16. The molecule has 1 aromatic rings. The summed E-state index contributed by atoms with van der Waals surface area (Å²) in [4.78, 5) is 0. The molecular weight excluding hydrogens is 293 g/mol. The lowest BCUT2D eigenvalue weighted by molar-refractivity contribution is 0.311. The van der Waals surface area contributed by atoms with Crippen LogP contribution in [0.2, 0.25) is 10.0 Å². The Morgan fingerprint density at radius 2 is 1.90 bits per heavy atom. The standard InChI is InChI=1S/C16H25Cl2NO/c1-4-8-20-16-14(9-13(17)10-15(16)18)12(5-2)7-6-11(3)19/h9-12H,4-8,19H2,1-3H3. The van der Waals surface area contributed by atoms with Gasteiger partial charge in [0.2, 0.25) is 0 Å². The molecule has 0 aliphatic heterocycles. The number of benzene rings is 1. The van der Waals surface area contributed by atoms with Gasteiger partial charge < -0.3 is 10.5 Å². The van der Waals surface area contributed by atoms with Crippen LogP contribution in [-0.2, 0) is 0 Å². The predicted octanol–water partition coefficient (Wildman–Crippen LogP) is 5.40. The maximum atomic E-state index is 6.30. The zero-order valence-electron chi connectivity index (χ0n) is 12.6. The number of hydrogen-bond acceptors (Lipinski definition) is 2. The zero-order chi connectivity index (χ0) is 15.1. The fourth-order valence-corrected chi connectivity index (χ4v) is 2.85. The second kappa shape index (κ2) is 8.76. The lowest BCUT2D eigenvalue weighted by Crippen LogP contribution is -2.16. The van der Waals surface area contributed by atoms with E-state index in [9.17, 15) is 0 Å². The van der Waals surface area contributed by atoms with Gasteiger partial charge in [-0.25, -0.2) is 0 Å². The van der Waals surface area contributed by atoms with Crippen LogP contribution in [0, 0.1) is 0 Å². The summed E-state index contributed by atoms with van der Waals surface area (Å²) in [7, 11) is 0. The van der Waals surface area contributed by atoms with Crippen molar-refractivity contribution in [2.24, 2.45) is 5.73 Å². The molecule has 0 amide bonds. The van der Waals surface area contributed by atoms with Gasteiger partial charge >= 0.3 is 0 Å². The van der Waals surface area contributed by atoms with E-state index in [0.29, 0.717) is 22.6 Å². The summed E-state index contributed by atoms with van der Waals surface area (Å²) < 4.78 is 5.84. The first kappa shape index (κ1) is 17.6. The molecule has 2 atom stereocenters. The number of nitrogens with two attached hydrogens (primary N) is 1. The van der Waals surface area contributed by atoms with Crippen molar-refractivity contribution in [2.45, 2.75) is 58.4 Å². The van der Waals surface area contributed by atoms with E-state index < -0.39 is 0 Å². The summed E-state index contributed by atoms with van der Waals surface area (Å²) in [5.41, 5.74) is 6.98. The molecule has 0 aromatic heterocycles. The number of ether oxygens (including phenoxy) is 1. The van der Waals surface area contributed by atoms with E-state index in [2.05, 4.69) is 13.8 Å². The molecule has 0 spiro atoms. The molecule has 0 bridgehead atoms. The monoisotopic (exact) mass is 317 g/mol. The van der Waals surface area contributed by atoms with Gasteiger partial charge in [0.1, 0.15) is 5.75 Å². The van der Waals surface area contributed by atoms with Crippen molar-refractivity contribution in [3.63, 3.8) is 0 Å². The van der Waals surface area contributed by atoms with Crippen LogP contribution in [0.5, 0.6) is 5.75 Å². The molecule has 114 valence electrons. The van der Waals surface area contributed by atoms with Crippen molar-refractivity contribution in [3.05, 3.63) is 27.7 Å². The molecular formula is C16H25Cl2NO. The molecule has 0 radical (unpaired) electrons. The molecule has 2 unspecified atom stereocenters. The van der Waals surface area contributed by atoms with Crippen LogP contribution in [0.3, 0.4) is 0 Å². The van der Waals surface area contributed by atoms with Gasteiger partial charge in [-0.3, -0.25) is 0 Å². The summed E-state index contributed by atoms with van der Waals surface area (Å²) in [5.74, 6) is 1.17. The first-order chi connectivity index (χ1) is 9.49. The van der Waals surface area contributed by atoms with E-state index in [4.69, 9.17) is 33.7 Å². The van der Waals surface area contributed by atoms with Crippen molar-refractivity contribution >= 4 is 23.2 Å². The first-order valence-corrected chi connectivity index (χ1v) is 8.12. The maximum absolute atomic E-state index is 6.30. The quantitative estimate of drug-likeness (QED) is 0.696. The molecule has 20 heavy (non-hydrogen) atoms. The Hall–Kier alpha value is -0.440.